The highest BCUT2D eigenvalue weighted by Crippen LogP contribution is 2.22. The fourth-order valence-electron chi connectivity index (χ4n) is 2.14. The summed E-state index contributed by atoms with van der Waals surface area (Å²) in [6, 6.07) is 8.93. The third-order valence-electron chi connectivity index (χ3n) is 3.43. The summed E-state index contributed by atoms with van der Waals surface area (Å²) in [5.41, 5.74) is 1.35. The van der Waals surface area contributed by atoms with Gasteiger partial charge in [-0.3, -0.25) is 0 Å². The van der Waals surface area contributed by atoms with Crippen molar-refractivity contribution >= 4 is 0 Å². The van der Waals surface area contributed by atoms with Crippen molar-refractivity contribution in [3.63, 3.8) is 0 Å². The van der Waals surface area contributed by atoms with Gasteiger partial charge in [0.05, 0.1) is 13.2 Å². The lowest BCUT2D eigenvalue weighted by Crippen LogP contribution is -2.45. The van der Waals surface area contributed by atoms with Crippen molar-refractivity contribution in [2.75, 3.05) is 20.8 Å². The van der Waals surface area contributed by atoms with Gasteiger partial charge in [-0.2, -0.15) is 0 Å². The van der Waals surface area contributed by atoms with Crippen LogP contribution >= 0.6 is 0 Å². The highest BCUT2D eigenvalue weighted by Gasteiger charge is 2.27. The van der Waals surface area contributed by atoms with Crippen molar-refractivity contribution < 1.29 is 9.47 Å². The lowest BCUT2D eigenvalue weighted by molar-refractivity contribution is 0.0177. The molecule has 1 aromatic carbocycles. The Morgan fingerprint density at radius 2 is 1.88 bits per heavy atom. The van der Waals surface area contributed by atoms with Gasteiger partial charge in [0, 0.05) is 13.2 Å². The van der Waals surface area contributed by atoms with Crippen LogP contribution in [0, 0.1) is 0 Å². The number of nitrogens with one attached hydrogen (secondary N) is 1. The predicted molar refractivity (Wildman–Crippen MR) is 68.5 cm³/mol. The number of hydrogen-bond donors (Lipinski definition) is 1. The topological polar surface area (TPSA) is 30.5 Å². The van der Waals surface area contributed by atoms with E-state index in [2.05, 4.69) is 17.4 Å². The van der Waals surface area contributed by atoms with E-state index in [-0.39, 0.29) is 0 Å². The normalized spacial score (nSPS) is 23.2. The zero-order chi connectivity index (χ0) is 12.1. The van der Waals surface area contributed by atoms with Crippen LogP contribution in [0.3, 0.4) is 0 Å². The van der Waals surface area contributed by atoms with E-state index in [0.29, 0.717) is 12.1 Å². The fraction of sp³-hybridized carbons (Fsp3) is 0.571. The van der Waals surface area contributed by atoms with Crippen LogP contribution in [0.2, 0.25) is 0 Å². The van der Waals surface area contributed by atoms with Gasteiger partial charge < -0.3 is 14.8 Å². The molecule has 0 aromatic heterocycles. The van der Waals surface area contributed by atoms with E-state index in [0.717, 1.165) is 31.6 Å². The summed E-state index contributed by atoms with van der Waals surface area (Å²) in [4.78, 5) is 0. The van der Waals surface area contributed by atoms with E-state index in [9.17, 15) is 0 Å². The monoisotopic (exact) mass is 235 g/mol. The molecule has 1 saturated carbocycles. The first-order valence-electron chi connectivity index (χ1n) is 6.21. The molecule has 1 N–H and O–H groups in total. The molecule has 1 aliphatic carbocycles. The van der Waals surface area contributed by atoms with Gasteiger partial charge in [-0.05, 0) is 43.5 Å². The van der Waals surface area contributed by atoms with E-state index in [4.69, 9.17) is 9.47 Å². The second-order valence-corrected chi connectivity index (χ2v) is 4.58. The molecule has 1 aliphatic rings. The third kappa shape index (κ3) is 3.45. The molecule has 1 fully saturated rings. The maximum Gasteiger partial charge on any atom is 0.118 e. The SMILES string of the molecule is COc1ccc(CCNC2CC(OC)C2)cc1. The summed E-state index contributed by atoms with van der Waals surface area (Å²) in [6.07, 6.45) is 3.85. The Labute approximate surface area is 103 Å². The minimum absolute atomic E-state index is 0.480. The molecule has 0 radical (unpaired) electrons. The van der Waals surface area contributed by atoms with E-state index in [1.807, 2.05) is 12.1 Å². The van der Waals surface area contributed by atoms with Crippen molar-refractivity contribution in [1.29, 1.82) is 0 Å². The summed E-state index contributed by atoms with van der Waals surface area (Å²) in [5.74, 6) is 0.920. The molecule has 0 aliphatic heterocycles. The molecule has 0 amide bonds. The van der Waals surface area contributed by atoms with Gasteiger partial charge in [0.25, 0.3) is 0 Å². The summed E-state index contributed by atoms with van der Waals surface area (Å²) in [6.45, 7) is 1.04. The molecule has 0 atom stereocenters. The maximum atomic E-state index is 5.25. The van der Waals surface area contributed by atoms with Crippen LogP contribution in [0.15, 0.2) is 24.3 Å². The first-order chi connectivity index (χ1) is 8.31. The summed E-state index contributed by atoms with van der Waals surface area (Å²) in [7, 11) is 3.48. The Balaban J connectivity index is 1.64. The van der Waals surface area contributed by atoms with Crippen LogP contribution < -0.4 is 10.1 Å². The van der Waals surface area contributed by atoms with Crippen molar-refractivity contribution in [1.82, 2.24) is 5.32 Å². The standard InChI is InChI=1S/C14H21NO2/c1-16-13-5-3-11(4-6-13)7-8-15-12-9-14(10-12)17-2/h3-6,12,14-15H,7-10H2,1-2H3. The second kappa shape index (κ2) is 6.03. The van der Waals surface area contributed by atoms with Gasteiger partial charge in [0.15, 0.2) is 0 Å². The average molecular weight is 235 g/mol. The van der Waals surface area contributed by atoms with Crippen LogP contribution in [-0.2, 0) is 11.2 Å². The number of rotatable bonds is 6. The van der Waals surface area contributed by atoms with Crippen LogP contribution in [0.25, 0.3) is 0 Å². The second-order valence-electron chi connectivity index (χ2n) is 4.58. The summed E-state index contributed by atoms with van der Waals surface area (Å²) in [5, 5.41) is 3.55. The third-order valence-corrected chi connectivity index (χ3v) is 3.43. The molecule has 0 spiro atoms. The van der Waals surface area contributed by atoms with Gasteiger partial charge in [-0.25, -0.2) is 0 Å². The molecule has 3 nitrogen and oxygen atoms in total. The minimum atomic E-state index is 0.480. The largest absolute Gasteiger partial charge is 0.497 e. The molecule has 0 heterocycles. The van der Waals surface area contributed by atoms with E-state index < -0.39 is 0 Å². The number of ether oxygens (including phenoxy) is 2. The van der Waals surface area contributed by atoms with Crippen molar-refractivity contribution in [2.45, 2.75) is 31.4 Å². The highest BCUT2D eigenvalue weighted by atomic mass is 16.5. The highest BCUT2D eigenvalue weighted by molar-refractivity contribution is 5.27. The lowest BCUT2D eigenvalue weighted by atomic mass is 9.89. The van der Waals surface area contributed by atoms with Gasteiger partial charge in [-0.1, -0.05) is 12.1 Å². The van der Waals surface area contributed by atoms with Crippen LogP contribution in [0.1, 0.15) is 18.4 Å². The Bertz CT molecular complexity index is 331. The van der Waals surface area contributed by atoms with Gasteiger partial charge in [0.2, 0.25) is 0 Å². The smallest absolute Gasteiger partial charge is 0.118 e. The molecule has 2 rings (SSSR count). The maximum absolute atomic E-state index is 5.25. The van der Waals surface area contributed by atoms with Crippen LogP contribution in [0.4, 0.5) is 0 Å². The van der Waals surface area contributed by atoms with E-state index >= 15 is 0 Å². The first kappa shape index (κ1) is 12.4. The molecule has 17 heavy (non-hydrogen) atoms. The quantitative estimate of drug-likeness (QED) is 0.818. The van der Waals surface area contributed by atoms with Crippen molar-refractivity contribution in [2.24, 2.45) is 0 Å². The predicted octanol–water partition coefficient (Wildman–Crippen LogP) is 2.00. The fourth-order valence-corrected chi connectivity index (χ4v) is 2.14. The Morgan fingerprint density at radius 3 is 2.47 bits per heavy atom. The molecule has 94 valence electrons. The molecule has 0 bridgehead atoms. The van der Waals surface area contributed by atoms with Gasteiger partial charge in [0.1, 0.15) is 5.75 Å². The Morgan fingerprint density at radius 1 is 1.18 bits per heavy atom. The molecule has 0 saturated heterocycles. The molecule has 1 aromatic rings. The zero-order valence-electron chi connectivity index (χ0n) is 10.6. The minimum Gasteiger partial charge on any atom is -0.497 e. The van der Waals surface area contributed by atoms with Crippen LogP contribution in [0.5, 0.6) is 5.75 Å². The molecule has 0 unspecified atom stereocenters. The number of hydrogen-bond acceptors (Lipinski definition) is 3. The Kier molecular flexibility index (Phi) is 4.40. The molecule has 3 heteroatoms. The number of methoxy groups -OCH3 is 2. The van der Waals surface area contributed by atoms with Crippen molar-refractivity contribution in [3.8, 4) is 5.75 Å². The van der Waals surface area contributed by atoms with Crippen LogP contribution in [-0.4, -0.2) is 32.9 Å². The average Bonchev–Trinajstić information content (AvgIpc) is 2.33. The van der Waals surface area contributed by atoms with Crippen molar-refractivity contribution in [3.05, 3.63) is 29.8 Å². The van der Waals surface area contributed by atoms with E-state index in [1.165, 1.54) is 5.56 Å². The zero-order valence-corrected chi connectivity index (χ0v) is 10.6. The first-order valence-corrected chi connectivity index (χ1v) is 6.21. The number of benzene rings is 1. The summed E-state index contributed by atoms with van der Waals surface area (Å²) < 4.78 is 10.4. The Hall–Kier alpha value is -1.06. The lowest BCUT2D eigenvalue weighted by Gasteiger charge is -2.34. The van der Waals surface area contributed by atoms with Gasteiger partial charge in [-0.15, -0.1) is 0 Å². The summed E-state index contributed by atoms with van der Waals surface area (Å²) >= 11 is 0. The molecular formula is C14H21NO2. The van der Waals surface area contributed by atoms with Gasteiger partial charge >= 0.3 is 0 Å². The van der Waals surface area contributed by atoms with E-state index in [1.54, 1.807) is 14.2 Å². The molecular weight excluding hydrogens is 214 g/mol.